The number of carbonyl (C=O) groups is 2. The Morgan fingerprint density at radius 2 is 2.00 bits per heavy atom. The Kier molecular flexibility index (Phi) is 7.14. The van der Waals surface area contributed by atoms with Crippen LogP contribution in [-0.2, 0) is 19.1 Å². The van der Waals surface area contributed by atoms with Crippen LogP contribution in [0.25, 0.3) is 0 Å². The van der Waals surface area contributed by atoms with E-state index < -0.39 is 53.6 Å². The molecule has 1 aliphatic carbocycles. The number of carbonyl (C=O) groups excluding carboxylic acids is 2. The third-order valence-electron chi connectivity index (χ3n) is 5.19. The zero-order chi connectivity index (χ0) is 21.2. The van der Waals surface area contributed by atoms with Crippen molar-refractivity contribution in [1.82, 2.24) is 0 Å². The number of hydrogen-bond donors (Lipinski definition) is 4. The molecule has 0 aromatic rings. The van der Waals surface area contributed by atoms with Crippen molar-refractivity contribution >= 4 is 24.6 Å². The highest BCUT2D eigenvalue weighted by Gasteiger charge is 2.48. The molecule has 1 fully saturated rings. The number of hydrogen-bond acceptors (Lipinski definition) is 8. The molecule has 2 aliphatic rings. The summed E-state index contributed by atoms with van der Waals surface area (Å²) >= 11 is 4.07. The SMILES string of the molecule is C=C1C(=O)OC2C=C(C)CC(O)/C=C(/C)CC(OC(=O)C(O)(CO)C(C)S)C12. The summed E-state index contributed by atoms with van der Waals surface area (Å²) < 4.78 is 11.0. The molecule has 7 nitrogen and oxygen atoms in total. The van der Waals surface area contributed by atoms with Crippen LogP contribution < -0.4 is 0 Å². The molecular weight excluding hydrogens is 384 g/mol. The summed E-state index contributed by atoms with van der Waals surface area (Å²) in [7, 11) is 0. The number of aliphatic hydroxyl groups excluding tert-OH is 2. The fraction of sp³-hybridized carbons (Fsp3) is 0.600. The van der Waals surface area contributed by atoms with Crippen molar-refractivity contribution in [3.8, 4) is 0 Å². The van der Waals surface area contributed by atoms with Crippen molar-refractivity contribution in [2.24, 2.45) is 5.92 Å². The number of esters is 2. The molecular formula is C20H28O7S. The van der Waals surface area contributed by atoms with Gasteiger partial charge >= 0.3 is 11.9 Å². The van der Waals surface area contributed by atoms with Crippen LogP contribution in [-0.4, -0.2) is 63.0 Å². The summed E-state index contributed by atoms with van der Waals surface area (Å²) in [6.45, 7) is 7.99. The maximum Gasteiger partial charge on any atom is 0.342 e. The summed E-state index contributed by atoms with van der Waals surface area (Å²) in [4.78, 5) is 24.8. The molecule has 0 aromatic heterocycles. The zero-order valence-electron chi connectivity index (χ0n) is 16.3. The number of rotatable bonds is 4. The van der Waals surface area contributed by atoms with Gasteiger partial charge in [-0.15, -0.1) is 0 Å². The first kappa shape index (κ1) is 22.7. The highest BCUT2D eigenvalue weighted by molar-refractivity contribution is 7.81. The molecule has 1 aliphatic heterocycles. The van der Waals surface area contributed by atoms with Gasteiger partial charge < -0.3 is 24.8 Å². The average molecular weight is 413 g/mol. The van der Waals surface area contributed by atoms with E-state index in [1.54, 1.807) is 19.1 Å². The van der Waals surface area contributed by atoms with Crippen molar-refractivity contribution in [3.63, 3.8) is 0 Å². The van der Waals surface area contributed by atoms with E-state index in [1.165, 1.54) is 6.92 Å². The fourth-order valence-corrected chi connectivity index (χ4v) is 3.67. The Morgan fingerprint density at radius 3 is 2.57 bits per heavy atom. The second kappa shape index (κ2) is 8.82. The van der Waals surface area contributed by atoms with Gasteiger partial charge in [0.05, 0.1) is 18.6 Å². The molecule has 28 heavy (non-hydrogen) atoms. The van der Waals surface area contributed by atoms with Gasteiger partial charge in [0.2, 0.25) is 0 Å². The second-order valence-corrected chi connectivity index (χ2v) is 8.40. The van der Waals surface area contributed by atoms with Crippen LogP contribution in [0.15, 0.2) is 35.5 Å². The number of aliphatic hydroxyl groups is 3. The van der Waals surface area contributed by atoms with Crippen LogP contribution >= 0.6 is 12.6 Å². The summed E-state index contributed by atoms with van der Waals surface area (Å²) in [5.41, 5.74) is -0.455. The van der Waals surface area contributed by atoms with Crippen molar-refractivity contribution in [2.75, 3.05) is 6.61 Å². The minimum atomic E-state index is -2.19. The molecule has 8 heteroatoms. The first-order valence-corrected chi connectivity index (χ1v) is 9.66. The molecule has 0 aromatic carbocycles. The van der Waals surface area contributed by atoms with Crippen LogP contribution in [0.4, 0.5) is 0 Å². The summed E-state index contributed by atoms with van der Waals surface area (Å²) in [5, 5.41) is 29.2. The molecule has 0 radical (unpaired) electrons. The first-order chi connectivity index (χ1) is 13.0. The summed E-state index contributed by atoms with van der Waals surface area (Å²) in [6, 6.07) is 0. The van der Waals surface area contributed by atoms with Gasteiger partial charge in [0.1, 0.15) is 12.2 Å². The third-order valence-corrected chi connectivity index (χ3v) is 5.61. The molecule has 1 heterocycles. The zero-order valence-corrected chi connectivity index (χ0v) is 17.2. The average Bonchev–Trinajstić information content (AvgIpc) is 2.85. The van der Waals surface area contributed by atoms with Crippen LogP contribution in [0.3, 0.4) is 0 Å². The lowest BCUT2D eigenvalue weighted by Gasteiger charge is -2.32. The lowest BCUT2D eigenvalue weighted by atomic mass is 9.85. The van der Waals surface area contributed by atoms with Gasteiger partial charge in [0, 0.05) is 17.2 Å². The fourth-order valence-electron chi connectivity index (χ4n) is 3.48. The predicted octanol–water partition coefficient (Wildman–Crippen LogP) is 1.08. The Labute approximate surface area is 170 Å². The van der Waals surface area contributed by atoms with E-state index in [1.807, 2.05) is 6.92 Å². The van der Waals surface area contributed by atoms with Gasteiger partial charge in [-0.05, 0) is 26.3 Å². The first-order valence-electron chi connectivity index (χ1n) is 9.14. The van der Waals surface area contributed by atoms with E-state index in [-0.39, 0.29) is 12.0 Å². The van der Waals surface area contributed by atoms with Crippen molar-refractivity contribution in [3.05, 3.63) is 35.5 Å². The molecule has 0 bridgehead atoms. The van der Waals surface area contributed by atoms with Gasteiger partial charge in [0.25, 0.3) is 0 Å². The van der Waals surface area contributed by atoms with E-state index in [2.05, 4.69) is 19.2 Å². The van der Waals surface area contributed by atoms with Crippen molar-refractivity contribution < 1.29 is 34.4 Å². The van der Waals surface area contributed by atoms with Crippen molar-refractivity contribution in [2.45, 2.75) is 62.8 Å². The number of thiol groups is 1. The highest BCUT2D eigenvalue weighted by atomic mass is 32.1. The normalized spacial score (nSPS) is 33.5. The molecule has 6 atom stereocenters. The molecule has 3 N–H and O–H groups in total. The van der Waals surface area contributed by atoms with E-state index >= 15 is 0 Å². The molecule has 6 unspecified atom stereocenters. The molecule has 1 saturated heterocycles. The molecule has 0 amide bonds. The van der Waals surface area contributed by atoms with Gasteiger partial charge in [0.15, 0.2) is 5.60 Å². The van der Waals surface area contributed by atoms with Crippen molar-refractivity contribution in [1.29, 1.82) is 0 Å². The smallest absolute Gasteiger partial charge is 0.342 e. The number of fused-ring (bicyclic) bond motifs is 1. The second-order valence-electron chi connectivity index (χ2n) is 7.62. The minimum Gasteiger partial charge on any atom is -0.459 e. The van der Waals surface area contributed by atoms with E-state index in [0.717, 1.165) is 11.1 Å². The maximum atomic E-state index is 12.6. The molecule has 2 rings (SSSR count). The van der Waals surface area contributed by atoms with Gasteiger partial charge in [-0.2, -0.15) is 12.6 Å². The Hall–Kier alpha value is -1.61. The largest absolute Gasteiger partial charge is 0.459 e. The highest BCUT2D eigenvalue weighted by Crippen LogP contribution is 2.37. The number of ether oxygens (including phenoxy) is 2. The minimum absolute atomic E-state index is 0.173. The lowest BCUT2D eigenvalue weighted by molar-refractivity contribution is -0.177. The Balaban J connectivity index is 2.43. The molecule has 0 saturated carbocycles. The van der Waals surface area contributed by atoms with Crippen LogP contribution in [0, 0.1) is 5.92 Å². The predicted molar refractivity (Wildman–Crippen MR) is 106 cm³/mol. The lowest BCUT2D eigenvalue weighted by Crippen LogP contribution is -2.52. The van der Waals surface area contributed by atoms with E-state index in [0.29, 0.717) is 6.42 Å². The van der Waals surface area contributed by atoms with Gasteiger partial charge in [-0.3, -0.25) is 0 Å². The van der Waals surface area contributed by atoms with Crippen LogP contribution in [0.1, 0.15) is 33.6 Å². The monoisotopic (exact) mass is 412 g/mol. The topological polar surface area (TPSA) is 113 Å². The van der Waals surface area contributed by atoms with Crippen LogP contribution in [0.5, 0.6) is 0 Å². The maximum absolute atomic E-state index is 12.6. The van der Waals surface area contributed by atoms with Gasteiger partial charge in [-0.25, -0.2) is 9.59 Å². The third kappa shape index (κ3) is 4.68. The summed E-state index contributed by atoms with van der Waals surface area (Å²) in [6.07, 6.45) is 1.66. The Bertz CT molecular complexity index is 711. The quantitative estimate of drug-likeness (QED) is 0.237. The Morgan fingerprint density at radius 1 is 1.39 bits per heavy atom. The van der Waals surface area contributed by atoms with E-state index in [9.17, 15) is 24.9 Å². The standard InChI is InChI=1S/C20H28O7S/c1-10-5-14(22)6-11(2)8-16(17-12(3)18(23)26-15(17)7-10)27-19(24)20(25,9-21)13(4)28/h6-7,13-17,21-22,25,28H,3,5,8-9H2,1-2,4H3/b10-7?,11-6-. The summed E-state index contributed by atoms with van der Waals surface area (Å²) in [5.74, 6) is -2.27. The van der Waals surface area contributed by atoms with Gasteiger partial charge in [-0.1, -0.05) is 30.7 Å². The van der Waals surface area contributed by atoms with E-state index in [4.69, 9.17) is 9.47 Å². The molecule has 0 spiro atoms. The molecule has 156 valence electrons. The van der Waals surface area contributed by atoms with Crippen LogP contribution in [0.2, 0.25) is 0 Å².